The third-order valence-corrected chi connectivity index (χ3v) is 4.95. The molecule has 1 aliphatic rings. The first-order chi connectivity index (χ1) is 10.7. The van der Waals surface area contributed by atoms with Crippen LogP contribution < -0.4 is 5.43 Å². The highest BCUT2D eigenvalue weighted by molar-refractivity contribution is 7.91. The Balaban J connectivity index is 2.16. The van der Waals surface area contributed by atoms with E-state index in [1.165, 1.54) is 0 Å². The maximum atomic E-state index is 11.3. The molecule has 2 N–H and O–H groups in total. The van der Waals surface area contributed by atoms with Gasteiger partial charge in [-0.2, -0.15) is 5.10 Å². The van der Waals surface area contributed by atoms with Crippen molar-refractivity contribution < 1.29 is 23.4 Å². The second-order valence-electron chi connectivity index (χ2n) is 4.91. The number of hydrogen-bond acceptors (Lipinski definition) is 9. The number of aliphatic hydroxyl groups excluding tert-OH is 1. The second kappa shape index (κ2) is 6.26. The highest BCUT2D eigenvalue weighted by Crippen LogP contribution is 2.29. The Morgan fingerprint density at radius 1 is 1.26 bits per heavy atom. The molecule has 11 nitrogen and oxygen atoms in total. The quantitative estimate of drug-likeness (QED) is 0.437. The Morgan fingerprint density at radius 3 is 2.48 bits per heavy atom. The van der Waals surface area contributed by atoms with Gasteiger partial charge in [0.15, 0.2) is 9.84 Å². The zero-order valence-corrected chi connectivity index (χ0v) is 12.3. The molecule has 0 radical (unpaired) electrons. The Bertz CT molecular complexity index is 777. The van der Waals surface area contributed by atoms with Gasteiger partial charge < -0.3 is 5.11 Å². The van der Waals surface area contributed by atoms with E-state index in [9.17, 15) is 33.8 Å². The van der Waals surface area contributed by atoms with Crippen molar-refractivity contribution >= 4 is 33.1 Å². The minimum absolute atomic E-state index is 0.0906. The highest BCUT2D eigenvalue weighted by Gasteiger charge is 2.35. The van der Waals surface area contributed by atoms with Crippen molar-refractivity contribution in [3.05, 3.63) is 38.4 Å². The molecule has 0 aromatic heterocycles. The number of anilines is 1. The third-order valence-electron chi connectivity index (χ3n) is 3.21. The lowest BCUT2D eigenvalue weighted by Gasteiger charge is -2.06. The summed E-state index contributed by atoms with van der Waals surface area (Å²) in [6.45, 7) is 0. The number of benzene rings is 1. The molecule has 0 amide bonds. The summed E-state index contributed by atoms with van der Waals surface area (Å²) in [5, 5.41) is 34.8. The smallest absolute Gasteiger partial charge is 0.301 e. The zero-order valence-electron chi connectivity index (χ0n) is 11.5. The van der Waals surface area contributed by atoms with Crippen molar-refractivity contribution in [3.63, 3.8) is 0 Å². The largest absolute Gasteiger partial charge is 0.391 e. The molecule has 0 spiro atoms. The highest BCUT2D eigenvalue weighted by atomic mass is 32.2. The number of aliphatic hydroxyl groups is 1. The van der Waals surface area contributed by atoms with Crippen molar-refractivity contribution in [2.45, 2.75) is 6.10 Å². The van der Waals surface area contributed by atoms with Gasteiger partial charge in [-0.1, -0.05) is 0 Å². The average molecular weight is 344 g/mol. The molecular weight excluding hydrogens is 332 g/mol. The van der Waals surface area contributed by atoms with Gasteiger partial charge in [0, 0.05) is 18.2 Å². The van der Waals surface area contributed by atoms with Crippen molar-refractivity contribution in [1.82, 2.24) is 0 Å². The molecule has 1 aliphatic heterocycles. The molecule has 1 heterocycles. The van der Waals surface area contributed by atoms with Crippen LogP contribution in [-0.4, -0.2) is 47.2 Å². The average Bonchev–Trinajstić information content (AvgIpc) is 2.71. The molecule has 23 heavy (non-hydrogen) atoms. The second-order valence-corrected chi connectivity index (χ2v) is 7.07. The van der Waals surface area contributed by atoms with Crippen LogP contribution in [0, 0.1) is 26.1 Å². The van der Waals surface area contributed by atoms with Crippen molar-refractivity contribution in [1.29, 1.82) is 0 Å². The third kappa shape index (κ3) is 3.98. The van der Waals surface area contributed by atoms with E-state index in [1.807, 2.05) is 0 Å². The summed E-state index contributed by atoms with van der Waals surface area (Å²) >= 11 is 0. The van der Waals surface area contributed by atoms with Gasteiger partial charge >= 0.3 is 5.69 Å². The maximum Gasteiger partial charge on any atom is 0.301 e. The molecule has 0 aliphatic carbocycles. The number of nitrogens with zero attached hydrogens (tertiary/aromatic N) is 3. The lowest BCUT2D eigenvalue weighted by molar-refractivity contribution is -0.393. The van der Waals surface area contributed by atoms with Gasteiger partial charge in [0.1, 0.15) is 5.69 Å². The van der Waals surface area contributed by atoms with Crippen LogP contribution in [0.5, 0.6) is 0 Å². The molecule has 124 valence electrons. The van der Waals surface area contributed by atoms with Crippen LogP contribution in [-0.2, 0) is 9.84 Å². The number of nitrogens with one attached hydrogen (secondary N) is 1. The maximum absolute atomic E-state index is 11.3. The van der Waals surface area contributed by atoms with Gasteiger partial charge in [0.2, 0.25) is 0 Å². The summed E-state index contributed by atoms with van der Waals surface area (Å²) in [7, 11) is -3.33. The van der Waals surface area contributed by atoms with E-state index < -0.39 is 43.1 Å². The Labute approximate surface area is 129 Å². The van der Waals surface area contributed by atoms with Crippen molar-refractivity contribution in [2.75, 3.05) is 16.9 Å². The molecule has 1 fully saturated rings. The van der Waals surface area contributed by atoms with Gasteiger partial charge in [-0.25, -0.2) is 8.42 Å². The van der Waals surface area contributed by atoms with Crippen LogP contribution in [0.1, 0.15) is 0 Å². The first-order valence-electron chi connectivity index (χ1n) is 6.30. The molecule has 12 heteroatoms. The van der Waals surface area contributed by atoms with Gasteiger partial charge in [-0.05, 0) is 6.07 Å². The van der Waals surface area contributed by atoms with E-state index >= 15 is 0 Å². The first-order valence-corrected chi connectivity index (χ1v) is 8.12. The number of nitro groups is 2. The van der Waals surface area contributed by atoms with Crippen LogP contribution in [0.3, 0.4) is 0 Å². The summed E-state index contributed by atoms with van der Waals surface area (Å²) in [5.41, 5.74) is 1.26. The number of sulfone groups is 1. The van der Waals surface area contributed by atoms with Crippen LogP contribution in [0.25, 0.3) is 0 Å². The molecule has 0 unspecified atom stereocenters. The topological polar surface area (TPSA) is 165 Å². The summed E-state index contributed by atoms with van der Waals surface area (Å²) in [5.74, 6) is -1.34. The first kappa shape index (κ1) is 16.8. The fourth-order valence-corrected chi connectivity index (χ4v) is 3.88. The minimum Gasteiger partial charge on any atom is -0.391 e. The van der Waals surface area contributed by atoms with E-state index in [2.05, 4.69) is 10.5 Å². The lowest BCUT2D eigenvalue weighted by Crippen LogP contribution is -2.19. The van der Waals surface area contributed by atoms with E-state index in [1.54, 1.807) is 0 Å². The van der Waals surface area contributed by atoms with Crippen LogP contribution in [0.15, 0.2) is 23.3 Å². The Hall–Kier alpha value is -2.60. The van der Waals surface area contributed by atoms with Crippen LogP contribution >= 0.6 is 0 Å². The Kier molecular flexibility index (Phi) is 4.56. The summed E-state index contributed by atoms with van der Waals surface area (Å²) in [6.07, 6.45) is 0.0674. The monoisotopic (exact) mass is 344 g/mol. The van der Waals surface area contributed by atoms with Gasteiger partial charge in [0.05, 0.1) is 33.5 Å². The normalized spacial score (nSPS) is 23.0. The van der Waals surface area contributed by atoms with E-state index in [0.29, 0.717) is 0 Å². The SMILES string of the molecule is O=[N+]([O-])c1ccc(N/N=C/[C@H]2CS(=O)(=O)C[C@H]2O)c([N+](=O)[O-])c1. The molecule has 2 rings (SSSR count). The predicted octanol–water partition coefficient (Wildman–Crippen LogP) is 0.306. The van der Waals surface area contributed by atoms with E-state index in [-0.39, 0.29) is 17.2 Å². The number of hydrogen-bond donors (Lipinski definition) is 2. The molecule has 1 aromatic carbocycles. The standard InChI is InChI=1S/C11H12N4O7S/c16-11-6-23(21,22)5-7(11)4-12-13-9-2-1-8(14(17)18)3-10(9)15(19)20/h1-4,7,11,13,16H,5-6H2/b12-4+/t7-,11+/m0/s1. The number of nitro benzene ring substituents is 2. The van der Waals surface area contributed by atoms with Gasteiger partial charge in [-0.15, -0.1) is 0 Å². The van der Waals surface area contributed by atoms with E-state index in [4.69, 9.17) is 0 Å². The summed E-state index contributed by atoms with van der Waals surface area (Å²) in [4.78, 5) is 20.0. The van der Waals surface area contributed by atoms with Gasteiger partial charge in [0.25, 0.3) is 5.69 Å². The summed E-state index contributed by atoms with van der Waals surface area (Å²) in [6, 6.07) is 2.97. The molecule has 2 atom stereocenters. The predicted molar refractivity (Wildman–Crippen MR) is 80.0 cm³/mol. The molecule has 1 aromatic rings. The van der Waals surface area contributed by atoms with Gasteiger partial charge in [-0.3, -0.25) is 25.7 Å². The fraction of sp³-hybridized carbons (Fsp3) is 0.364. The lowest BCUT2D eigenvalue weighted by atomic mass is 10.1. The molecule has 0 bridgehead atoms. The fourth-order valence-electron chi connectivity index (χ4n) is 2.08. The number of rotatable bonds is 5. The molecular formula is C11H12N4O7S. The van der Waals surface area contributed by atoms with Crippen molar-refractivity contribution in [2.24, 2.45) is 11.0 Å². The summed E-state index contributed by atoms with van der Waals surface area (Å²) < 4.78 is 22.7. The van der Waals surface area contributed by atoms with Crippen molar-refractivity contribution in [3.8, 4) is 0 Å². The van der Waals surface area contributed by atoms with Crippen LogP contribution in [0.2, 0.25) is 0 Å². The molecule has 1 saturated heterocycles. The van der Waals surface area contributed by atoms with Crippen LogP contribution in [0.4, 0.5) is 17.1 Å². The number of non-ortho nitro benzene ring substituents is 1. The Morgan fingerprint density at radius 2 is 1.96 bits per heavy atom. The zero-order chi connectivity index (χ0) is 17.2. The molecule has 0 saturated carbocycles. The number of hydrazone groups is 1. The van der Waals surface area contributed by atoms with E-state index in [0.717, 1.165) is 24.4 Å². The minimum atomic E-state index is -3.33.